The number of unbranched alkanes of at least 4 members (excludes halogenated alkanes) is 3. The van der Waals surface area contributed by atoms with Crippen molar-refractivity contribution in [2.75, 3.05) is 5.33 Å². The molecule has 0 amide bonds. The Morgan fingerprint density at radius 3 is 2.74 bits per heavy atom. The topological polar surface area (TPSA) is 52.7 Å². The minimum Gasteiger partial charge on any atom is -0.289 e. The van der Waals surface area contributed by atoms with Crippen molar-refractivity contribution in [3.05, 3.63) is 41.2 Å². The predicted molar refractivity (Wildman–Crippen MR) is 77.9 cm³/mol. The summed E-state index contributed by atoms with van der Waals surface area (Å²) < 4.78 is 3.32. The van der Waals surface area contributed by atoms with Crippen LogP contribution in [0.15, 0.2) is 35.6 Å². The molecule has 2 aromatic rings. The fourth-order valence-corrected chi connectivity index (χ4v) is 2.24. The first-order valence-corrected chi connectivity index (χ1v) is 7.56. The van der Waals surface area contributed by atoms with Gasteiger partial charge in [0.2, 0.25) is 0 Å². The zero-order chi connectivity index (χ0) is 13.5. The highest BCUT2D eigenvalue weighted by Crippen LogP contribution is 2.04. The summed E-state index contributed by atoms with van der Waals surface area (Å²) in [6, 6.07) is 3.27. The van der Waals surface area contributed by atoms with Gasteiger partial charge >= 0.3 is 0 Å². The Morgan fingerprint density at radius 1 is 1.16 bits per heavy atom. The van der Waals surface area contributed by atoms with E-state index in [1.54, 1.807) is 29.2 Å². The molecule has 2 aromatic heterocycles. The quantitative estimate of drug-likeness (QED) is 0.580. The van der Waals surface area contributed by atoms with E-state index in [4.69, 9.17) is 0 Å². The average Bonchev–Trinajstić information content (AvgIpc) is 2.94. The van der Waals surface area contributed by atoms with E-state index in [-0.39, 0.29) is 5.56 Å². The molecule has 0 saturated carbocycles. The van der Waals surface area contributed by atoms with E-state index < -0.39 is 0 Å². The molecule has 5 nitrogen and oxygen atoms in total. The van der Waals surface area contributed by atoms with Gasteiger partial charge in [-0.2, -0.15) is 5.10 Å². The number of nitrogens with zero attached hydrogens (tertiary/aromatic N) is 4. The van der Waals surface area contributed by atoms with Gasteiger partial charge < -0.3 is 0 Å². The van der Waals surface area contributed by atoms with Gasteiger partial charge in [0, 0.05) is 30.3 Å². The van der Waals surface area contributed by atoms with Gasteiger partial charge in [0.15, 0.2) is 5.82 Å². The normalized spacial score (nSPS) is 10.8. The molecule has 0 unspecified atom stereocenters. The number of aryl methyl sites for hydroxylation is 1. The highest BCUT2D eigenvalue weighted by molar-refractivity contribution is 9.09. The second kappa shape index (κ2) is 7.23. The molecular formula is C13H17BrN4O. The van der Waals surface area contributed by atoms with Gasteiger partial charge in [0.1, 0.15) is 6.33 Å². The van der Waals surface area contributed by atoms with E-state index >= 15 is 0 Å². The number of hydrogen-bond acceptors (Lipinski definition) is 3. The molecule has 6 heteroatoms. The van der Waals surface area contributed by atoms with Crippen LogP contribution in [-0.4, -0.2) is 24.7 Å². The molecule has 2 heterocycles. The summed E-state index contributed by atoms with van der Waals surface area (Å²) in [6.07, 6.45) is 9.64. The molecule has 0 aliphatic heterocycles. The van der Waals surface area contributed by atoms with E-state index in [9.17, 15) is 4.79 Å². The zero-order valence-electron chi connectivity index (χ0n) is 10.7. The van der Waals surface area contributed by atoms with E-state index in [1.807, 2.05) is 6.20 Å². The maximum Gasteiger partial charge on any atom is 0.266 e. The maximum atomic E-state index is 11.7. The van der Waals surface area contributed by atoms with Crippen molar-refractivity contribution < 1.29 is 0 Å². The molecule has 2 rings (SSSR count). The lowest BCUT2D eigenvalue weighted by atomic mass is 10.2. The first-order valence-electron chi connectivity index (χ1n) is 6.44. The van der Waals surface area contributed by atoms with Gasteiger partial charge in [-0.05, 0) is 18.9 Å². The van der Waals surface area contributed by atoms with Crippen LogP contribution in [0.25, 0.3) is 5.82 Å². The Labute approximate surface area is 120 Å². The Morgan fingerprint density at radius 2 is 2.00 bits per heavy atom. The SMILES string of the molecule is O=c1ccc(-n2ccnc2)nn1CCCCCCBr. The van der Waals surface area contributed by atoms with Crippen molar-refractivity contribution >= 4 is 15.9 Å². The lowest BCUT2D eigenvalue weighted by Crippen LogP contribution is -2.23. The third-order valence-corrected chi connectivity index (χ3v) is 3.44. The average molecular weight is 325 g/mol. The number of hydrogen-bond donors (Lipinski definition) is 0. The van der Waals surface area contributed by atoms with Crippen LogP contribution < -0.4 is 5.56 Å². The number of aromatic nitrogens is 4. The highest BCUT2D eigenvalue weighted by atomic mass is 79.9. The van der Waals surface area contributed by atoms with Gasteiger partial charge in [-0.15, -0.1) is 0 Å². The molecule has 0 bridgehead atoms. The Balaban J connectivity index is 2.00. The van der Waals surface area contributed by atoms with Crippen molar-refractivity contribution in [3.63, 3.8) is 0 Å². The predicted octanol–water partition coefficient (Wildman–Crippen LogP) is 2.38. The minimum atomic E-state index is -0.0515. The zero-order valence-corrected chi connectivity index (χ0v) is 12.3. The molecule has 0 aliphatic rings. The molecule has 0 radical (unpaired) electrons. The monoisotopic (exact) mass is 324 g/mol. The fraction of sp³-hybridized carbons (Fsp3) is 0.462. The first kappa shape index (κ1) is 14.0. The van der Waals surface area contributed by atoms with Crippen molar-refractivity contribution in [1.82, 2.24) is 19.3 Å². The molecule has 19 heavy (non-hydrogen) atoms. The Hall–Kier alpha value is -1.43. The highest BCUT2D eigenvalue weighted by Gasteiger charge is 2.02. The van der Waals surface area contributed by atoms with Crippen LogP contribution >= 0.6 is 15.9 Å². The van der Waals surface area contributed by atoms with Crippen LogP contribution in [0.2, 0.25) is 0 Å². The van der Waals surface area contributed by atoms with E-state index in [2.05, 4.69) is 26.0 Å². The summed E-state index contributed by atoms with van der Waals surface area (Å²) in [4.78, 5) is 15.7. The van der Waals surface area contributed by atoms with Crippen LogP contribution in [0.1, 0.15) is 25.7 Å². The molecule has 0 saturated heterocycles. The summed E-state index contributed by atoms with van der Waals surface area (Å²) in [5.41, 5.74) is -0.0515. The van der Waals surface area contributed by atoms with Crippen LogP contribution in [0.3, 0.4) is 0 Å². The third-order valence-electron chi connectivity index (χ3n) is 2.88. The van der Waals surface area contributed by atoms with E-state index in [0.717, 1.165) is 24.0 Å². The standard InChI is InChI=1S/C13H17BrN4O/c14-7-3-1-2-4-9-18-13(19)6-5-12(16-18)17-10-8-15-11-17/h5-6,8,10-11H,1-4,7,9H2. The van der Waals surface area contributed by atoms with E-state index in [0.29, 0.717) is 6.54 Å². The van der Waals surface area contributed by atoms with Gasteiger partial charge in [-0.1, -0.05) is 28.8 Å². The van der Waals surface area contributed by atoms with Gasteiger partial charge in [-0.3, -0.25) is 9.36 Å². The maximum absolute atomic E-state index is 11.7. The summed E-state index contributed by atoms with van der Waals surface area (Å²) in [7, 11) is 0. The molecule has 0 N–H and O–H groups in total. The number of halogens is 1. The van der Waals surface area contributed by atoms with Crippen molar-refractivity contribution in [1.29, 1.82) is 0 Å². The molecule has 0 fully saturated rings. The Kier molecular flexibility index (Phi) is 5.32. The van der Waals surface area contributed by atoms with Gasteiger partial charge in [-0.25, -0.2) is 9.67 Å². The molecule has 102 valence electrons. The summed E-state index contributed by atoms with van der Waals surface area (Å²) in [6.45, 7) is 0.670. The number of alkyl halides is 1. The number of imidazole rings is 1. The summed E-state index contributed by atoms with van der Waals surface area (Å²) in [5.74, 6) is 0.720. The van der Waals surface area contributed by atoms with Gasteiger partial charge in [0.05, 0.1) is 0 Å². The van der Waals surface area contributed by atoms with Crippen molar-refractivity contribution in [3.8, 4) is 5.82 Å². The third kappa shape index (κ3) is 4.02. The van der Waals surface area contributed by atoms with Crippen LogP contribution in [0, 0.1) is 0 Å². The first-order chi connectivity index (χ1) is 9.31. The minimum absolute atomic E-state index is 0.0515. The van der Waals surface area contributed by atoms with Crippen LogP contribution in [-0.2, 0) is 6.54 Å². The molecule has 0 atom stereocenters. The lowest BCUT2D eigenvalue weighted by Gasteiger charge is -2.07. The lowest BCUT2D eigenvalue weighted by molar-refractivity contribution is 0.516. The summed E-state index contributed by atoms with van der Waals surface area (Å²) >= 11 is 3.41. The Bertz CT molecular complexity index is 550. The second-order valence-corrected chi connectivity index (χ2v) is 5.12. The van der Waals surface area contributed by atoms with Crippen LogP contribution in [0.4, 0.5) is 0 Å². The smallest absolute Gasteiger partial charge is 0.266 e. The van der Waals surface area contributed by atoms with Crippen molar-refractivity contribution in [2.24, 2.45) is 0 Å². The molecule has 0 aliphatic carbocycles. The number of rotatable bonds is 7. The molecule has 0 aromatic carbocycles. The van der Waals surface area contributed by atoms with Crippen molar-refractivity contribution in [2.45, 2.75) is 32.2 Å². The fourth-order valence-electron chi connectivity index (χ4n) is 1.84. The summed E-state index contributed by atoms with van der Waals surface area (Å²) in [5, 5.41) is 5.39. The molecule has 0 spiro atoms. The van der Waals surface area contributed by atoms with E-state index in [1.165, 1.54) is 17.5 Å². The molecular weight excluding hydrogens is 308 g/mol. The van der Waals surface area contributed by atoms with Crippen LogP contribution in [0.5, 0.6) is 0 Å². The second-order valence-electron chi connectivity index (χ2n) is 4.33. The van der Waals surface area contributed by atoms with Gasteiger partial charge in [0.25, 0.3) is 5.56 Å². The largest absolute Gasteiger partial charge is 0.289 e.